The zero-order chi connectivity index (χ0) is 27.8. The molecule has 1 heterocycles. The van der Waals surface area contributed by atoms with E-state index in [1.807, 2.05) is 6.92 Å². The number of benzene rings is 2. The second-order valence-electron chi connectivity index (χ2n) is 8.12. The summed E-state index contributed by atoms with van der Waals surface area (Å²) >= 11 is 1.11. The van der Waals surface area contributed by atoms with Crippen molar-refractivity contribution in [3.8, 4) is 17.1 Å². The topological polar surface area (TPSA) is 119 Å². The number of amides is 2. The Hall–Kier alpha value is -4.06. The quantitative estimate of drug-likeness (QED) is 0.293. The number of halogens is 1. The summed E-state index contributed by atoms with van der Waals surface area (Å²) in [7, 11) is 4.37. The molecule has 0 fully saturated rings. The van der Waals surface area contributed by atoms with Gasteiger partial charge in [-0.2, -0.15) is 9.98 Å². The fourth-order valence-corrected chi connectivity index (χ4v) is 3.70. The summed E-state index contributed by atoms with van der Waals surface area (Å²) in [5.41, 5.74) is 2.06. The summed E-state index contributed by atoms with van der Waals surface area (Å²) in [5, 5.41) is 4.04. The molecule has 0 saturated carbocycles. The maximum absolute atomic E-state index is 15.9. The molecule has 0 atom stereocenters. The second-order valence-corrected chi connectivity index (χ2v) is 8.92. The number of ether oxygens (including phenoxy) is 2. The predicted octanol–water partition coefficient (Wildman–Crippen LogP) is 4.86. The Bertz CT molecular complexity index is 1370. The number of hydrogen-bond acceptors (Lipinski definition) is 9. The molecule has 2 aromatic carbocycles. The van der Waals surface area contributed by atoms with E-state index in [1.165, 1.54) is 18.1 Å². The molecule has 0 unspecified atom stereocenters. The number of hydrogen-bond donors (Lipinski definition) is 0. The third-order valence-corrected chi connectivity index (χ3v) is 5.94. The lowest BCUT2D eigenvalue weighted by atomic mass is 10.0. The van der Waals surface area contributed by atoms with E-state index in [0.29, 0.717) is 29.4 Å². The van der Waals surface area contributed by atoms with Gasteiger partial charge in [0.05, 0.1) is 12.8 Å². The van der Waals surface area contributed by atoms with E-state index in [-0.39, 0.29) is 34.6 Å². The van der Waals surface area contributed by atoms with Gasteiger partial charge in [-0.05, 0) is 54.6 Å². The van der Waals surface area contributed by atoms with E-state index < -0.39 is 11.9 Å². The Balaban J connectivity index is 2.14. The summed E-state index contributed by atoms with van der Waals surface area (Å²) < 4.78 is 31.1. The maximum atomic E-state index is 15.9. The largest absolute Gasteiger partial charge is 0.481 e. The first-order valence-electron chi connectivity index (χ1n) is 11.5. The van der Waals surface area contributed by atoms with Crippen molar-refractivity contribution in [2.24, 2.45) is 9.98 Å². The van der Waals surface area contributed by atoms with Crippen LogP contribution in [0.1, 0.15) is 23.9 Å². The number of thioether (sulfide) groups is 1. The number of methoxy groups -OCH3 is 1. The number of aliphatic imine (C=N–C) groups is 2. The van der Waals surface area contributed by atoms with Gasteiger partial charge >= 0.3 is 6.09 Å². The zero-order valence-electron chi connectivity index (χ0n) is 21.9. The zero-order valence-corrected chi connectivity index (χ0v) is 22.8. The minimum Gasteiger partial charge on any atom is -0.481 e. The first kappa shape index (κ1) is 28.5. The molecule has 0 spiro atoms. The van der Waals surface area contributed by atoms with Crippen LogP contribution in [0.4, 0.5) is 14.9 Å². The van der Waals surface area contributed by atoms with Crippen LogP contribution in [0.3, 0.4) is 0 Å². The van der Waals surface area contributed by atoms with Crippen molar-refractivity contribution < 1.29 is 28.0 Å². The van der Waals surface area contributed by atoms with Gasteiger partial charge < -0.3 is 18.9 Å². The van der Waals surface area contributed by atoms with Crippen LogP contribution in [0.15, 0.2) is 50.9 Å². The number of nitrogens with zero attached hydrogens (tertiary/aromatic N) is 5. The molecular weight excluding hydrogens is 513 g/mol. The van der Waals surface area contributed by atoms with E-state index in [0.717, 1.165) is 17.3 Å². The monoisotopic (exact) mass is 541 g/mol. The molecule has 2 amide bonds. The molecule has 38 heavy (non-hydrogen) atoms. The van der Waals surface area contributed by atoms with Crippen LogP contribution in [0, 0.1) is 12.7 Å². The summed E-state index contributed by atoms with van der Waals surface area (Å²) in [6, 6.07) is 10.1. The Morgan fingerprint density at radius 2 is 1.89 bits per heavy atom. The first-order valence-corrected chi connectivity index (χ1v) is 12.7. The van der Waals surface area contributed by atoms with Crippen molar-refractivity contribution in [3.05, 3.63) is 59.2 Å². The second kappa shape index (κ2) is 13.0. The minimum atomic E-state index is -0.856. The molecule has 0 aliphatic heterocycles. The lowest BCUT2D eigenvalue weighted by Gasteiger charge is -2.16. The fourth-order valence-electron chi connectivity index (χ4n) is 3.18. The van der Waals surface area contributed by atoms with Crippen molar-refractivity contribution >= 4 is 40.2 Å². The van der Waals surface area contributed by atoms with Crippen LogP contribution < -0.4 is 4.74 Å². The SMILES string of the molecule is CCc1cc(OCC(=O)N(C)C)c(F)c(C(=N/c2ccc(-c3noc(C)n3)cc2)/C(=N/C(=O)OC)SC)c1. The molecule has 12 heteroatoms. The molecule has 0 N–H and O–H groups in total. The highest BCUT2D eigenvalue weighted by Crippen LogP contribution is 2.28. The number of carbonyl (C=O) groups is 2. The number of rotatable bonds is 8. The Morgan fingerprint density at radius 3 is 2.45 bits per heavy atom. The number of aromatic nitrogens is 2. The van der Waals surface area contributed by atoms with Gasteiger partial charge in [-0.15, -0.1) is 11.8 Å². The molecule has 0 aliphatic rings. The predicted molar refractivity (Wildman–Crippen MR) is 144 cm³/mol. The molecule has 0 radical (unpaired) electrons. The molecule has 0 saturated heterocycles. The van der Waals surface area contributed by atoms with Gasteiger partial charge in [-0.1, -0.05) is 12.1 Å². The smallest absolute Gasteiger partial charge is 0.434 e. The summed E-state index contributed by atoms with van der Waals surface area (Å²) in [6.45, 7) is 3.25. The average Bonchev–Trinajstić information content (AvgIpc) is 3.36. The van der Waals surface area contributed by atoms with Crippen molar-refractivity contribution in [1.82, 2.24) is 15.0 Å². The third kappa shape index (κ3) is 7.03. The maximum Gasteiger partial charge on any atom is 0.434 e. The van der Waals surface area contributed by atoms with E-state index >= 15 is 4.39 Å². The standard InChI is InChI=1S/C26H28FN5O5S/c1-7-16-12-19(22(27)20(13-16)36-14-21(33)32(3)4)23(25(38-6)30-26(34)35-5)29-18-10-8-17(9-11-18)24-28-15(2)37-31-24/h8-13H,7,14H2,1-6H3/b29-23-,30-25-. The van der Waals surface area contributed by atoms with Gasteiger partial charge in [-0.25, -0.2) is 14.2 Å². The Kier molecular flexibility index (Phi) is 9.72. The van der Waals surface area contributed by atoms with Crippen LogP contribution in [0.5, 0.6) is 5.75 Å². The normalized spacial score (nSPS) is 11.9. The number of carbonyl (C=O) groups excluding carboxylic acids is 2. The van der Waals surface area contributed by atoms with Crippen LogP contribution >= 0.6 is 11.8 Å². The van der Waals surface area contributed by atoms with Gasteiger partial charge in [-0.3, -0.25) is 4.79 Å². The fraction of sp³-hybridized carbons (Fsp3) is 0.308. The van der Waals surface area contributed by atoms with Gasteiger partial charge in [0.2, 0.25) is 11.7 Å². The molecule has 10 nitrogen and oxygen atoms in total. The van der Waals surface area contributed by atoms with E-state index in [2.05, 4.69) is 20.1 Å². The summed E-state index contributed by atoms with van der Waals surface area (Å²) in [4.78, 5) is 38.2. The molecule has 0 aliphatic carbocycles. The average molecular weight is 542 g/mol. The van der Waals surface area contributed by atoms with Crippen LogP contribution in [0.2, 0.25) is 0 Å². The number of aryl methyl sites for hydroxylation is 2. The highest BCUT2D eigenvalue weighted by molar-refractivity contribution is 8.15. The van der Waals surface area contributed by atoms with E-state index in [4.69, 9.17) is 14.0 Å². The number of likely N-dealkylation sites (N-methyl/N-ethyl adjacent to an activating group) is 1. The summed E-state index contributed by atoms with van der Waals surface area (Å²) in [5.74, 6) is -0.312. The van der Waals surface area contributed by atoms with Crippen LogP contribution in [-0.2, 0) is 16.0 Å². The van der Waals surface area contributed by atoms with Gasteiger partial charge in [0.15, 0.2) is 18.2 Å². The first-order chi connectivity index (χ1) is 18.2. The lowest BCUT2D eigenvalue weighted by molar-refractivity contribution is -0.130. The van der Waals surface area contributed by atoms with Crippen molar-refractivity contribution in [1.29, 1.82) is 0 Å². The Morgan fingerprint density at radius 1 is 1.18 bits per heavy atom. The highest BCUT2D eigenvalue weighted by Gasteiger charge is 2.22. The van der Waals surface area contributed by atoms with E-state index in [1.54, 1.807) is 57.6 Å². The molecule has 200 valence electrons. The van der Waals surface area contributed by atoms with Gasteiger partial charge in [0.25, 0.3) is 5.91 Å². The van der Waals surface area contributed by atoms with Crippen molar-refractivity contribution in [2.75, 3.05) is 34.1 Å². The highest BCUT2D eigenvalue weighted by atomic mass is 32.2. The Labute approximate surface area is 223 Å². The molecular formula is C26H28FN5O5S. The van der Waals surface area contributed by atoms with Gasteiger partial charge in [0, 0.05) is 32.1 Å². The van der Waals surface area contributed by atoms with Gasteiger partial charge in [0.1, 0.15) is 10.8 Å². The molecule has 3 rings (SSSR count). The molecule has 1 aromatic heterocycles. The minimum absolute atomic E-state index is 0.0616. The molecule has 0 bridgehead atoms. The third-order valence-electron chi connectivity index (χ3n) is 5.27. The van der Waals surface area contributed by atoms with E-state index in [9.17, 15) is 9.59 Å². The lowest BCUT2D eigenvalue weighted by Crippen LogP contribution is -2.28. The molecule has 3 aromatic rings. The van der Waals surface area contributed by atoms with Crippen molar-refractivity contribution in [3.63, 3.8) is 0 Å². The van der Waals surface area contributed by atoms with Crippen LogP contribution in [-0.4, -0.2) is 71.9 Å². The summed E-state index contributed by atoms with van der Waals surface area (Å²) in [6.07, 6.45) is 1.39. The van der Waals surface area contributed by atoms with Crippen molar-refractivity contribution in [2.45, 2.75) is 20.3 Å². The van der Waals surface area contributed by atoms with Crippen LogP contribution in [0.25, 0.3) is 11.4 Å².